The molecule has 0 heterocycles. The van der Waals surface area contributed by atoms with Crippen LogP contribution in [0.3, 0.4) is 0 Å². The highest BCUT2D eigenvalue weighted by molar-refractivity contribution is 6.34. The third-order valence-corrected chi connectivity index (χ3v) is 2.72. The van der Waals surface area contributed by atoms with E-state index in [4.69, 9.17) is 17.3 Å². The van der Waals surface area contributed by atoms with Crippen LogP contribution in [0, 0.1) is 0 Å². The van der Waals surface area contributed by atoms with E-state index < -0.39 is 11.9 Å². The van der Waals surface area contributed by atoms with Crippen LogP contribution >= 0.6 is 11.6 Å². The van der Waals surface area contributed by atoms with Crippen LogP contribution in [0.5, 0.6) is 0 Å². The Kier molecular flexibility index (Phi) is 5.18. The fraction of sp³-hybridized carbons (Fsp3) is 0.385. The lowest BCUT2D eigenvalue weighted by Crippen LogP contribution is -2.46. The molecule has 0 aliphatic rings. The van der Waals surface area contributed by atoms with Gasteiger partial charge in [0.15, 0.2) is 0 Å². The van der Waals surface area contributed by atoms with E-state index in [1.165, 1.54) is 12.1 Å². The predicted molar refractivity (Wildman–Crippen MR) is 76.1 cm³/mol. The van der Waals surface area contributed by atoms with Gasteiger partial charge in [-0.05, 0) is 39.0 Å². The summed E-state index contributed by atoms with van der Waals surface area (Å²) >= 11 is 5.93. The molecule has 2 amide bonds. The lowest BCUT2D eigenvalue weighted by Gasteiger charge is -2.16. The van der Waals surface area contributed by atoms with Gasteiger partial charge in [0.25, 0.3) is 5.91 Å². The molecule has 0 saturated heterocycles. The second-order valence-corrected chi connectivity index (χ2v) is 5.00. The fourth-order valence-corrected chi connectivity index (χ4v) is 1.74. The van der Waals surface area contributed by atoms with Crippen molar-refractivity contribution in [1.82, 2.24) is 10.6 Å². The molecule has 0 aromatic heterocycles. The Balaban J connectivity index is 2.71. The van der Waals surface area contributed by atoms with Crippen LogP contribution in [-0.2, 0) is 4.79 Å². The molecule has 0 radical (unpaired) electrons. The average Bonchev–Trinajstić information content (AvgIpc) is 2.27. The molecule has 104 valence electrons. The third kappa shape index (κ3) is 4.44. The Morgan fingerprint density at radius 3 is 2.37 bits per heavy atom. The summed E-state index contributed by atoms with van der Waals surface area (Å²) in [6, 6.07) is 3.99. The molecular formula is C13H18ClN3O2. The van der Waals surface area contributed by atoms with E-state index in [1.807, 2.05) is 13.8 Å². The SMILES string of the molecule is CC(C)NC(=O)C(C)NC(=O)c1ccc(N)cc1Cl. The van der Waals surface area contributed by atoms with Crippen molar-refractivity contribution in [3.05, 3.63) is 28.8 Å². The zero-order chi connectivity index (χ0) is 14.6. The number of carbonyl (C=O) groups is 2. The lowest BCUT2D eigenvalue weighted by molar-refractivity contribution is -0.123. The van der Waals surface area contributed by atoms with Gasteiger partial charge in [-0.25, -0.2) is 0 Å². The molecule has 0 fully saturated rings. The molecule has 0 aliphatic carbocycles. The highest BCUT2D eigenvalue weighted by Crippen LogP contribution is 2.19. The first-order valence-electron chi connectivity index (χ1n) is 5.97. The van der Waals surface area contributed by atoms with Crippen molar-refractivity contribution >= 4 is 29.1 Å². The standard InChI is InChI=1S/C13H18ClN3O2/c1-7(2)16-12(18)8(3)17-13(19)10-5-4-9(15)6-11(10)14/h4-8H,15H2,1-3H3,(H,16,18)(H,17,19). The number of amides is 2. The molecule has 1 unspecified atom stereocenters. The van der Waals surface area contributed by atoms with Crippen molar-refractivity contribution in [3.8, 4) is 0 Å². The minimum Gasteiger partial charge on any atom is -0.399 e. The first kappa shape index (κ1) is 15.3. The quantitative estimate of drug-likeness (QED) is 0.733. The summed E-state index contributed by atoms with van der Waals surface area (Å²) in [6.45, 7) is 5.31. The molecule has 0 saturated carbocycles. The predicted octanol–water partition coefficient (Wildman–Crippen LogP) is 1.57. The van der Waals surface area contributed by atoms with Crippen molar-refractivity contribution in [2.45, 2.75) is 32.9 Å². The summed E-state index contributed by atoms with van der Waals surface area (Å²) in [6.07, 6.45) is 0. The van der Waals surface area contributed by atoms with Crippen LogP contribution in [0.4, 0.5) is 5.69 Å². The molecule has 0 aliphatic heterocycles. The van der Waals surface area contributed by atoms with Gasteiger partial charge in [-0.2, -0.15) is 0 Å². The van der Waals surface area contributed by atoms with Crippen molar-refractivity contribution in [2.24, 2.45) is 0 Å². The molecule has 19 heavy (non-hydrogen) atoms. The van der Waals surface area contributed by atoms with Crippen molar-refractivity contribution < 1.29 is 9.59 Å². The summed E-state index contributed by atoms with van der Waals surface area (Å²) in [5.41, 5.74) is 6.32. The Hall–Kier alpha value is -1.75. The number of nitrogens with two attached hydrogens (primary N) is 1. The van der Waals surface area contributed by atoms with Gasteiger partial charge < -0.3 is 16.4 Å². The average molecular weight is 284 g/mol. The van der Waals surface area contributed by atoms with E-state index in [-0.39, 0.29) is 17.0 Å². The molecule has 0 spiro atoms. The zero-order valence-electron chi connectivity index (χ0n) is 11.2. The number of nitrogen functional groups attached to an aromatic ring is 1. The number of hydrogen-bond acceptors (Lipinski definition) is 3. The maximum atomic E-state index is 12.0. The van der Waals surface area contributed by atoms with Crippen molar-refractivity contribution in [3.63, 3.8) is 0 Å². The van der Waals surface area contributed by atoms with Gasteiger partial charge in [0, 0.05) is 11.7 Å². The fourth-order valence-electron chi connectivity index (χ4n) is 1.46. The molecule has 5 nitrogen and oxygen atoms in total. The highest BCUT2D eigenvalue weighted by atomic mass is 35.5. The minimum atomic E-state index is -0.636. The largest absolute Gasteiger partial charge is 0.399 e. The monoisotopic (exact) mass is 283 g/mol. The number of nitrogens with one attached hydrogen (secondary N) is 2. The van der Waals surface area contributed by atoms with Crippen molar-refractivity contribution in [2.75, 3.05) is 5.73 Å². The maximum absolute atomic E-state index is 12.0. The number of carbonyl (C=O) groups excluding carboxylic acids is 2. The Morgan fingerprint density at radius 2 is 1.84 bits per heavy atom. The van der Waals surface area contributed by atoms with Gasteiger partial charge in [0.1, 0.15) is 6.04 Å². The number of hydrogen-bond donors (Lipinski definition) is 3. The Bertz CT molecular complexity index is 489. The summed E-state index contributed by atoms with van der Waals surface area (Å²) in [5, 5.41) is 5.56. The zero-order valence-corrected chi connectivity index (χ0v) is 11.9. The molecule has 1 aromatic rings. The molecule has 4 N–H and O–H groups in total. The second kappa shape index (κ2) is 6.43. The number of anilines is 1. The normalized spacial score (nSPS) is 12.1. The van der Waals surface area contributed by atoms with E-state index in [0.29, 0.717) is 11.3 Å². The summed E-state index contributed by atoms with van der Waals surface area (Å²) in [5.74, 6) is -0.647. The first-order chi connectivity index (χ1) is 8.81. The highest BCUT2D eigenvalue weighted by Gasteiger charge is 2.18. The molecular weight excluding hydrogens is 266 g/mol. The first-order valence-corrected chi connectivity index (χ1v) is 6.35. The maximum Gasteiger partial charge on any atom is 0.253 e. The minimum absolute atomic E-state index is 0.0203. The molecule has 1 rings (SSSR count). The van der Waals surface area contributed by atoms with Gasteiger partial charge in [0.05, 0.1) is 10.6 Å². The van der Waals surface area contributed by atoms with Gasteiger partial charge in [-0.1, -0.05) is 11.6 Å². The van der Waals surface area contributed by atoms with E-state index in [0.717, 1.165) is 0 Å². The van der Waals surface area contributed by atoms with Crippen LogP contribution in [0.2, 0.25) is 5.02 Å². The molecule has 0 bridgehead atoms. The van der Waals surface area contributed by atoms with E-state index in [2.05, 4.69) is 10.6 Å². The number of benzene rings is 1. The van der Waals surface area contributed by atoms with Crippen LogP contribution < -0.4 is 16.4 Å². The second-order valence-electron chi connectivity index (χ2n) is 4.60. The molecule has 1 aromatic carbocycles. The summed E-state index contributed by atoms with van der Waals surface area (Å²) in [7, 11) is 0. The Labute approximate surface area is 117 Å². The van der Waals surface area contributed by atoms with Gasteiger partial charge in [-0.3, -0.25) is 9.59 Å². The van der Waals surface area contributed by atoms with Crippen LogP contribution in [0.1, 0.15) is 31.1 Å². The molecule has 1 atom stereocenters. The van der Waals surface area contributed by atoms with E-state index >= 15 is 0 Å². The van der Waals surface area contributed by atoms with Gasteiger partial charge in [0.2, 0.25) is 5.91 Å². The summed E-state index contributed by atoms with van der Waals surface area (Å²) < 4.78 is 0. The van der Waals surface area contributed by atoms with Crippen LogP contribution in [0.15, 0.2) is 18.2 Å². The summed E-state index contributed by atoms with van der Waals surface area (Å²) in [4.78, 5) is 23.6. The number of halogens is 1. The van der Waals surface area contributed by atoms with Gasteiger partial charge >= 0.3 is 0 Å². The smallest absolute Gasteiger partial charge is 0.253 e. The van der Waals surface area contributed by atoms with Gasteiger partial charge in [-0.15, -0.1) is 0 Å². The topological polar surface area (TPSA) is 84.2 Å². The van der Waals surface area contributed by atoms with E-state index in [1.54, 1.807) is 13.0 Å². The molecule has 6 heteroatoms. The van der Waals surface area contributed by atoms with Crippen LogP contribution in [0.25, 0.3) is 0 Å². The van der Waals surface area contributed by atoms with Crippen molar-refractivity contribution in [1.29, 1.82) is 0 Å². The Morgan fingerprint density at radius 1 is 1.21 bits per heavy atom. The van der Waals surface area contributed by atoms with Crippen LogP contribution in [-0.4, -0.2) is 23.9 Å². The van der Waals surface area contributed by atoms with E-state index in [9.17, 15) is 9.59 Å². The third-order valence-electron chi connectivity index (χ3n) is 2.41. The number of rotatable bonds is 4. The lowest BCUT2D eigenvalue weighted by atomic mass is 10.1.